The second-order valence-corrected chi connectivity index (χ2v) is 4.02. The molecule has 0 saturated carbocycles. The van der Waals surface area contributed by atoms with Crippen LogP contribution in [0, 0.1) is 17.2 Å². The van der Waals surface area contributed by atoms with E-state index in [0.29, 0.717) is 11.1 Å². The molecule has 0 amide bonds. The van der Waals surface area contributed by atoms with Gasteiger partial charge in [0.2, 0.25) is 0 Å². The van der Waals surface area contributed by atoms with Crippen LogP contribution in [0.2, 0.25) is 0 Å². The van der Waals surface area contributed by atoms with Crippen LogP contribution in [0.1, 0.15) is 45.7 Å². The number of fused-ring (bicyclic) bond motifs is 1. The number of aryl methyl sites for hydroxylation is 2. The zero-order valence-electron chi connectivity index (χ0n) is 10.8. The summed E-state index contributed by atoms with van der Waals surface area (Å²) in [6.07, 6.45) is 1.64. The fraction of sp³-hybridized carbons (Fsp3) is 0.286. The zero-order valence-corrected chi connectivity index (χ0v) is 12.8. The van der Waals surface area contributed by atoms with Gasteiger partial charge >= 0.3 is 29.6 Å². The van der Waals surface area contributed by atoms with Crippen LogP contribution in [0.4, 0.5) is 0 Å². The van der Waals surface area contributed by atoms with E-state index in [2.05, 4.69) is 0 Å². The Morgan fingerprint density at radius 2 is 1.44 bits per heavy atom. The maximum absolute atomic E-state index is 11.8. The minimum absolute atomic E-state index is 0. The van der Waals surface area contributed by atoms with E-state index < -0.39 is 11.6 Å². The van der Waals surface area contributed by atoms with Crippen molar-refractivity contribution < 1.29 is 39.1 Å². The molecule has 0 aliphatic heterocycles. The van der Waals surface area contributed by atoms with E-state index in [1.54, 1.807) is 18.2 Å². The molecule has 0 bridgehead atoms. The Morgan fingerprint density at radius 1 is 1.06 bits per heavy atom. The molecule has 0 fully saturated rings. The number of nitriles is 1. The molecule has 0 unspecified atom stereocenters. The summed E-state index contributed by atoms with van der Waals surface area (Å²) < 4.78 is 0. The summed E-state index contributed by atoms with van der Waals surface area (Å²) in [5, 5.41) is 8.80. The van der Waals surface area contributed by atoms with Gasteiger partial charge in [0.15, 0.2) is 0 Å². The van der Waals surface area contributed by atoms with Gasteiger partial charge in [0.25, 0.3) is 0 Å². The van der Waals surface area contributed by atoms with Crippen molar-refractivity contribution in [2.24, 2.45) is 0 Å². The standard InChI is InChI=1S/C14H12NO2.Na/c1-3-8-5-10-11(6-9(8)4-2)14(17)12(7-15)13(10)16;/h5-6H,3-4H2,1-2H3;/q-1;+1. The number of carbonyl (C=O) groups excluding carboxylic acids is 2. The zero-order chi connectivity index (χ0) is 12.6. The molecule has 1 aromatic carbocycles. The average molecular weight is 249 g/mol. The average Bonchev–Trinajstić information content (AvgIpc) is 2.59. The third-order valence-electron chi connectivity index (χ3n) is 3.16. The monoisotopic (exact) mass is 249 g/mol. The molecule has 0 saturated heterocycles. The van der Waals surface area contributed by atoms with Gasteiger partial charge in [-0.05, 0) is 12.8 Å². The molecule has 4 heteroatoms. The molecule has 3 nitrogen and oxygen atoms in total. The van der Waals surface area contributed by atoms with Crippen LogP contribution in [0.25, 0.3) is 0 Å². The van der Waals surface area contributed by atoms with Gasteiger partial charge in [0, 0.05) is 12.0 Å². The molecule has 1 aliphatic carbocycles. The summed E-state index contributed by atoms with van der Waals surface area (Å²) >= 11 is 0. The normalized spacial score (nSPS) is 13.1. The van der Waals surface area contributed by atoms with Gasteiger partial charge in [-0.3, -0.25) is 0 Å². The molecular formula is C14H12NNaO2. The molecule has 0 atom stereocenters. The van der Waals surface area contributed by atoms with Crippen LogP contribution in [0.3, 0.4) is 0 Å². The van der Waals surface area contributed by atoms with E-state index in [0.717, 1.165) is 24.0 Å². The number of hydrogen-bond acceptors (Lipinski definition) is 3. The Balaban J connectivity index is 0.00000162. The number of Topliss-reactive ketones (excluding diaryl/α,β-unsaturated/α-hetero) is 2. The van der Waals surface area contributed by atoms with Crippen molar-refractivity contribution in [2.75, 3.05) is 0 Å². The minimum atomic E-state index is -0.426. The number of carbonyl (C=O) groups is 2. The number of rotatable bonds is 2. The molecule has 0 heterocycles. The quantitative estimate of drug-likeness (QED) is 0.514. The third-order valence-corrected chi connectivity index (χ3v) is 3.16. The fourth-order valence-corrected chi connectivity index (χ4v) is 2.20. The molecule has 1 aliphatic rings. The maximum atomic E-state index is 11.8. The van der Waals surface area contributed by atoms with Crippen molar-refractivity contribution >= 4 is 11.6 Å². The second-order valence-electron chi connectivity index (χ2n) is 4.02. The fourth-order valence-electron chi connectivity index (χ4n) is 2.20. The maximum Gasteiger partial charge on any atom is 1.00 e. The molecule has 18 heavy (non-hydrogen) atoms. The third kappa shape index (κ3) is 2.12. The van der Waals surface area contributed by atoms with E-state index in [1.165, 1.54) is 0 Å². The van der Waals surface area contributed by atoms with Gasteiger partial charge in [0.1, 0.15) is 0 Å². The second kappa shape index (κ2) is 5.71. The van der Waals surface area contributed by atoms with Crippen molar-refractivity contribution in [2.45, 2.75) is 26.7 Å². The van der Waals surface area contributed by atoms with Gasteiger partial charge in [-0.1, -0.05) is 25.0 Å². The molecule has 0 aromatic heterocycles. The first kappa shape index (κ1) is 15.0. The first-order chi connectivity index (χ1) is 8.13. The van der Waals surface area contributed by atoms with Gasteiger partial charge in [-0.25, -0.2) is 5.26 Å². The van der Waals surface area contributed by atoms with E-state index >= 15 is 0 Å². The summed E-state index contributed by atoms with van der Waals surface area (Å²) in [7, 11) is 0. The largest absolute Gasteiger partial charge is 1.00 e. The Labute approximate surface area is 128 Å². The van der Waals surface area contributed by atoms with Crippen molar-refractivity contribution in [1.82, 2.24) is 0 Å². The summed E-state index contributed by atoms with van der Waals surface area (Å²) in [6, 6.07) is 5.23. The molecular weight excluding hydrogens is 237 g/mol. The molecule has 86 valence electrons. The Kier molecular flexibility index (Phi) is 4.75. The van der Waals surface area contributed by atoms with E-state index in [-0.39, 0.29) is 35.5 Å². The summed E-state index contributed by atoms with van der Waals surface area (Å²) in [6.45, 7) is 4.02. The van der Waals surface area contributed by atoms with E-state index in [4.69, 9.17) is 5.26 Å². The van der Waals surface area contributed by atoms with Crippen molar-refractivity contribution in [3.63, 3.8) is 0 Å². The van der Waals surface area contributed by atoms with Crippen molar-refractivity contribution in [1.29, 1.82) is 5.26 Å². The van der Waals surface area contributed by atoms with Crippen LogP contribution in [0.15, 0.2) is 12.1 Å². The molecule has 0 spiro atoms. The van der Waals surface area contributed by atoms with Gasteiger partial charge in [0.05, 0.1) is 11.6 Å². The molecule has 0 N–H and O–H groups in total. The number of hydrogen-bond donors (Lipinski definition) is 0. The molecule has 0 radical (unpaired) electrons. The SMILES string of the molecule is CCc1cc2c(cc1CC)C(=O)[C-](C#N)C2=O.[Na+]. The Morgan fingerprint density at radius 3 is 1.72 bits per heavy atom. The van der Waals surface area contributed by atoms with Crippen LogP contribution in [0.5, 0.6) is 0 Å². The number of benzene rings is 1. The van der Waals surface area contributed by atoms with Crippen molar-refractivity contribution in [3.8, 4) is 6.07 Å². The van der Waals surface area contributed by atoms with Crippen LogP contribution >= 0.6 is 0 Å². The minimum Gasteiger partial charge on any atom is -0.318 e. The topological polar surface area (TPSA) is 57.9 Å². The number of ketones is 2. The van der Waals surface area contributed by atoms with Crippen molar-refractivity contribution in [3.05, 3.63) is 40.3 Å². The Hall–Kier alpha value is -1.08. The molecule has 1 aromatic rings. The summed E-state index contributed by atoms with van der Waals surface area (Å²) in [4.78, 5) is 23.7. The summed E-state index contributed by atoms with van der Waals surface area (Å²) in [5.74, 6) is -1.11. The molecule has 2 rings (SSSR count). The van der Waals surface area contributed by atoms with Crippen LogP contribution < -0.4 is 29.6 Å². The van der Waals surface area contributed by atoms with E-state index in [9.17, 15) is 9.59 Å². The first-order valence-electron chi connectivity index (χ1n) is 5.66. The number of nitrogens with zero attached hydrogens (tertiary/aromatic N) is 1. The Bertz CT molecular complexity index is 515. The predicted molar refractivity (Wildman–Crippen MR) is 62.7 cm³/mol. The summed E-state index contributed by atoms with van der Waals surface area (Å²) in [5.41, 5.74) is 2.93. The first-order valence-corrected chi connectivity index (χ1v) is 5.66. The van der Waals surface area contributed by atoms with Crippen LogP contribution in [-0.2, 0) is 12.8 Å². The van der Waals surface area contributed by atoms with Gasteiger partial charge < -0.3 is 9.59 Å². The van der Waals surface area contributed by atoms with Gasteiger partial charge in [-0.2, -0.15) is 0 Å². The van der Waals surface area contributed by atoms with Gasteiger partial charge in [-0.15, -0.1) is 23.3 Å². The van der Waals surface area contributed by atoms with E-state index in [1.807, 2.05) is 13.8 Å². The smallest absolute Gasteiger partial charge is 0.318 e. The predicted octanol–water partition coefficient (Wildman–Crippen LogP) is -0.708. The van der Waals surface area contributed by atoms with Crippen LogP contribution in [-0.4, -0.2) is 11.6 Å².